The van der Waals surface area contributed by atoms with Gasteiger partial charge in [0.05, 0.1) is 18.2 Å². The van der Waals surface area contributed by atoms with E-state index in [-0.39, 0.29) is 5.38 Å². The smallest absolute Gasteiger partial charge is 0.160 e. The van der Waals surface area contributed by atoms with Gasteiger partial charge in [-0.25, -0.2) is 9.97 Å². The van der Waals surface area contributed by atoms with Gasteiger partial charge in [-0.3, -0.25) is 0 Å². The predicted molar refractivity (Wildman–Crippen MR) is 77.3 cm³/mol. The first-order valence-corrected chi connectivity index (χ1v) is 7.06. The summed E-state index contributed by atoms with van der Waals surface area (Å²) in [7, 11) is 0. The fraction of sp³-hybridized carbons (Fsp3) is 0.231. The van der Waals surface area contributed by atoms with Crippen LogP contribution in [0.5, 0.6) is 0 Å². The summed E-state index contributed by atoms with van der Waals surface area (Å²) in [6, 6.07) is 5.72. The molecule has 3 aromatic rings. The van der Waals surface area contributed by atoms with Crippen LogP contribution >= 0.6 is 27.5 Å². The number of imidazole rings is 1. The second kappa shape index (κ2) is 4.98. The minimum absolute atomic E-state index is 0.192. The minimum Gasteiger partial charge on any atom is -0.467 e. The minimum atomic E-state index is -0.192. The number of hydrogen-bond donors (Lipinski definition) is 0. The number of aromatic nitrogens is 3. The van der Waals surface area contributed by atoms with Crippen LogP contribution in [-0.4, -0.2) is 14.5 Å². The Labute approximate surface area is 123 Å². The van der Waals surface area contributed by atoms with Gasteiger partial charge in [-0.15, -0.1) is 11.6 Å². The van der Waals surface area contributed by atoms with Crippen LogP contribution in [0.2, 0.25) is 0 Å². The lowest BCUT2D eigenvalue weighted by atomic mass is 10.4. The predicted octanol–water partition coefficient (Wildman–Crippen LogP) is 4.13. The maximum Gasteiger partial charge on any atom is 0.160 e. The van der Waals surface area contributed by atoms with E-state index < -0.39 is 0 Å². The molecule has 0 aliphatic heterocycles. The molecule has 0 N–H and O–H groups in total. The molecular formula is C13H11BrClN3O. The Morgan fingerprint density at radius 1 is 1.53 bits per heavy atom. The van der Waals surface area contributed by atoms with Crippen molar-refractivity contribution in [3.05, 3.63) is 46.7 Å². The van der Waals surface area contributed by atoms with E-state index in [1.807, 2.05) is 29.7 Å². The van der Waals surface area contributed by atoms with Crippen molar-refractivity contribution in [2.45, 2.75) is 18.8 Å². The number of alkyl halides is 1. The van der Waals surface area contributed by atoms with Crippen LogP contribution in [0.1, 0.15) is 23.9 Å². The highest BCUT2D eigenvalue weighted by molar-refractivity contribution is 9.10. The molecule has 0 aliphatic rings. The molecule has 1 atom stereocenters. The first-order chi connectivity index (χ1) is 9.15. The van der Waals surface area contributed by atoms with E-state index in [0.717, 1.165) is 27.2 Å². The van der Waals surface area contributed by atoms with Gasteiger partial charge in [-0.2, -0.15) is 0 Å². The molecular weight excluding hydrogens is 330 g/mol. The maximum absolute atomic E-state index is 6.21. The molecule has 0 amide bonds. The van der Waals surface area contributed by atoms with Crippen LogP contribution in [0, 0.1) is 0 Å². The van der Waals surface area contributed by atoms with E-state index in [1.54, 1.807) is 12.5 Å². The van der Waals surface area contributed by atoms with Gasteiger partial charge >= 0.3 is 0 Å². The zero-order chi connectivity index (χ0) is 13.4. The first kappa shape index (κ1) is 12.7. The van der Waals surface area contributed by atoms with Crippen LogP contribution < -0.4 is 0 Å². The maximum atomic E-state index is 6.21. The Balaban J connectivity index is 2.16. The van der Waals surface area contributed by atoms with Gasteiger partial charge < -0.3 is 8.98 Å². The first-order valence-electron chi connectivity index (χ1n) is 5.83. The van der Waals surface area contributed by atoms with Crippen LogP contribution in [-0.2, 0) is 6.54 Å². The van der Waals surface area contributed by atoms with E-state index in [2.05, 4.69) is 25.9 Å². The zero-order valence-corrected chi connectivity index (χ0v) is 12.5. The highest BCUT2D eigenvalue weighted by Gasteiger charge is 2.17. The third-order valence-electron chi connectivity index (χ3n) is 2.83. The number of furan rings is 1. The molecule has 19 heavy (non-hydrogen) atoms. The molecule has 0 saturated carbocycles. The van der Waals surface area contributed by atoms with Gasteiger partial charge in [-0.05, 0) is 41.1 Å². The summed E-state index contributed by atoms with van der Waals surface area (Å²) < 4.78 is 8.27. The Kier molecular flexibility index (Phi) is 3.33. The van der Waals surface area contributed by atoms with E-state index in [0.29, 0.717) is 6.54 Å². The van der Waals surface area contributed by atoms with E-state index in [4.69, 9.17) is 16.0 Å². The highest BCUT2D eigenvalue weighted by Crippen LogP contribution is 2.26. The number of hydrogen-bond acceptors (Lipinski definition) is 3. The van der Waals surface area contributed by atoms with Gasteiger partial charge in [0.1, 0.15) is 17.1 Å². The number of fused-ring (bicyclic) bond motifs is 1. The number of rotatable bonds is 3. The molecule has 0 aromatic carbocycles. The summed E-state index contributed by atoms with van der Waals surface area (Å²) in [6.07, 6.45) is 3.41. The highest BCUT2D eigenvalue weighted by atomic mass is 79.9. The summed E-state index contributed by atoms with van der Waals surface area (Å²) in [5, 5.41) is -0.192. The second-order valence-electron chi connectivity index (χ2n) is 4.25. The van der Waals surface area contributed by atoms with Crippen molar-refractivity contribution in [2.75, 3.05) is 0 Å². The monoisotopic (exact) mass is 339 g/mol. The Hall–Kier alpha value is -1.33. The molecule has 3 aromatic heterocycles. The number of halogens is 2. The second-order valence-corrected chi connectivity index (χ2v) is 5.82. The van der Waals surface area contributed by atoms with Gasteiger partial charge in [-0.1, -0.05) is 0 Å². The van der Waals surface area contributed by atoms with Crippen molar-refractivity contribution in [1.82, 2.24) is 14.5 Å². The SMILES string of the molecule is CC(Cl)c1nc2cc(Br)cnc2n1Cc1ccco1. The van der Waals surface area contributed by atoms with Crippen LogP contribution in [0.4, 0.5) is 0 Å². The standard InChI is InChI=1S/C13H11BrClN3O/c1-8(15)12-17-11-5-9(14)6-16-13(11)18(12)7-10-3-2-4-19-10/h2-6,8H,7H2,1H3. The molecule has 1 unspecified atom stereocenters. The van der Waals surface area contributed by atoms with E-state index in [1.165, 1.54) is 0 Å². The largest absolute Gasteiger partial charge is 0.467 e. The molecule has 98 valence electrons. The molecule has 3 rings (SSSR count). The summed E-state index contributed by atoms with van der Waals surface area (Å²) in [4.78, 5) is 8.97. The Morgan fingerprint density at radius 2 is 2.37 bits per heavy atom. The van der Waals surface area contributed by atoms with Gasteiger partial charge in [0.25, 0.3) is 0 Å². The van der Waals surface area contributed by atoms with Crippen molar-refractivity contribution in [3.63, 3.8) is 0 Å². The lowest BCUT2D eigenvalue weighted by Crippen LogP contribution is -2.05. The summed E-state index contributed by atoms with van der Waals surface area (Å²) in [5.41, 5.74) is 1.63. The quantitative estimate of drug-likeness (QED) is 0.673. The lowest BCUT2D eigenvalue weighted by molar-refractivity contribution is 0.491. The summed E-state index contributed by atoms with van der Waals surface area (Å²) in [6.45, 7) is 2.47. The normalized spacial score (nSPS) is 13.0. The van der Waals surface area contributed by atoms with Crippen molar-refractivity contribution in [3.8, 4) is 0 Å². The average Bonchev–Trinajstić information content (AvgIpc) is 2.97. The Morgan fingerprint density at radius 3 is 3.05 bits per heavy atom. The molecule has 0 aliphatic carbocycles. The third kappa shape index (κ3) is 2.40. The fourth-order valence-electron chi connectivity index (χ4n) is 2.02. The van der Waals surface area contributed by atoms with Crippen molar-refractivity contribution in [1.29, 1.82) is 0 Å². The van der Waals surface area contributed by atoms with Crippen molar-refractivity contribution < 1.29 is 4.42 Å². The van der Waals surface area contributed by atoms with Crippen LogP contribution in [0.3, 0.4) is 0 Å². The average molecular weight is 341 g/mol. The molecule has 3 heterocycles. The molecule has 0 radical (unpaired) electrons. The van der Waals surface area contributed by atoms with Gasteiger partial charge in [0.2, 0.25) is 0 Å². The van der Waals surface area contributed by atoms with E-state index in [9.17, 15) is 0 Å². The van der Waals surface area contributed by atoms with Crippen molar-refractivity contribution in [2.24, 2.45) is 0 Å². The molecule has 4 nitrogen and oxygen atoms in total. The Bertz CT molecular complexity index is 706. The van der Waals surface area contributed by atoms with Crippen LogP contribution in [0.15, 0.2) is 39.5 Å². The molecule has 0 bridgehead atoms. The molecule has 0 spiro atoms. The van der Waals surface area contributed by atoms with Crippen molar-refractivity contribution >= 4 is 38.7 Å². The fourth-order valence-corrected chi connectivity index (χ4v) is 2.51. The molecule has 0 saturated heterocycles. The number of pyridine rings is 1. The lowest BCUT2D eigenvalue weighted by Gasteiger charge is -2.07. The summed E-state index contributed by atoms with van der Waals surface area (Å²) in [5.74, 6) is 1.64. The van der Waals surface area contributed by atoms with Gasteiger partial charge in [0, 0.05) is 10.7 Å². The van der Waals surface area contributed by atoms with E-state index >= 15 is 0 Å². The molecule has 0 fully saturated rings. The zero-order valence-electron chi connectivity index (χ0n) is 10.2. The van der Waals surface area contributed by atoms with Gasteiger partial charge in [0.15, 0.2) is 5.65 Å². The third-order valence-corrected chi connectivity index (χ3v) is 3.46. The van der Waals surface area contributed by atoms with Crippen LogP contribution in [0.25, 0.3) is 11.2 Å². The summed E-state index contributed by atoms with van der Waals surface area (Å²) >= 11 is 9.61. The number of nitrogens with zero attached hydrogens (tertiary/aromatic N) is 3. The topological polar surface area (TPSA) is 43.9 Å². The molecule has 6 heteroatoms.